The van der Waals surface area contributed by atoms with E-state index in [9.17, 15) is 17.6 Å². The Morgan fingerprint density at radius 2 is 1.62 bits per heavy atom. The standard InChI is InChI=1S/C16H15F4N/c1-11(10-12-4-2-3-5-15(12)17)21-14-8-6-13(7-9-14)16(18,19)20/h2-9,11,21H,10H2,1H3. The Kier molecular flexibility index (Phi) is 4.50. The van der Waals surface area contributed by atoms with Crippen molar-refractivity contribution < 1.29 is 17.6 Å². The zero-order valence-electron chi connectivity index (χ0n) is 11.4. The van der Waals surface area contributed by atoms with Crippen LogP contribution in [0.5, 0.6) is 0 Å². The van der Waals surface area contributed by atoms with E-state index in [0.29, 0.717) is 17.7 Å². The van der Waals surface area contributed by atoms with Crippen LogP contribution < -0.4 is 5.32 Å². The summed E-state index contributed by atoms with van der Waals surface area (Å²) in [6.45, 7) is 1.85. The fourth-order valence-electron chi connectivity index (χ4n) is 2.08. The molecule has 0 radical (unpaired) electrons. The lowest BCUT2D eigenvalue weighted by Crippen LogP contribution is -2.18. The van der Waals surface area contributed by atoms with Crippen LogP contribution >= 0.6 is 0 Å². The van der Waals surface area contributed by atoms with Crippen LogP contribution in [0.1, 0.15) is 18.1 Å². The van der Waals surface area contributed by atoms with Gasteiger partial charge >= 0.3 is 6.18 Å². The molecular formula is C16H15F4N. The molecule has 0 aromatic heterocycles. The fourth-order valence-corrected chi connectivity index (χ4v) is 2.08. The molecule has 0 saturated carbocycles. The van der Waals surface area contributed by atoms with Crippen molar-refractivity contribution >= 4 is 5.69 Å². The summed E-state index contributed by atoms with van der Waals surface area (Å²) < 4.78 is 50.9. The van der Waals surface area contributed by atoms with Gasteiger partial charge in [0.05, 0.1) is 5.56 Å². The fraction of sp³-hybridized carbons (Fsp3) is 0.250. The van der Waals surface area contributed by atoms with Crippen molar-refractivity contribution in [2.45, 2.75) is 25.6 Å². The molecule has 2 aromatic carbocycles. The third kappa shape index (κ3) is 4.21. The van der Waals surface area contributed by atoms with E-state index in [4.69, 9.17) is 0 Å². The van der Waals surface area contributed by atoms with Crippen LogP contribution in [0.4, 0.5) is 23.2 Å². The van der Waals surface area contributed by atoms with Gasteiger partial charge in [-0.05, 0) is 49.2 Å². The van der Waals surface area contributed by atoms with Crippen LogP contribution in [0, 0.1) is 5.82 Å². The first-order valence-corrected chi connectivity index (χ1v) is 6.53. The first-order valence-electron chi connectivity index (χ1n) is 6.53. The summed E-state index contributed by atoms with van der Waals surface area (Å²) in [6.07, 6.45) is -3.88. The Hall–Kier alpha value is -2.04. The lowest BCUT2D eigenvalue weighted by atomic mass is 10.1. The number of halogens is 4. The minimum Gasteiger partial charge on any atom is -0.382 e. The van der Waals surface area contributed by atoms with Gasteiger partial charge < -0.3 is 5.32 Å². The normalized spacial score (nSPS) is 13.0. The van der Waals surface area contributed by atoms with E-state index < -0.39 is 11.7 Å². The molecule has 0 aliphatic heterocycles. The van der Waals surface area contributed by atoms with E-state index in [1.807, 2.05) is 6.92 Å². The minimum absolute atomic E-state index is 0.0985. The predicted molar refractivity (Wildman–Crippen MR) is 74.6 cm³/mol. The Morgan fingerprint density at radius 3 is 2.19 bits per heavy atom. The van der Waals surface area contributed by atoms with Gasteiger partial charge in [-0.3, -0.25) is 0 Å². The van der Waals surface area contributed by atoms with Crippen LogP contribution in [-0.2, 0) is 12.6 Å². The van der Waals surface area contributed by atoms with E-state index in [1.54, 1.807) is 18.2 Å². The Labute approximate surface area is 120 Å². The highest BCUT2D eigenvalue weighted by atomic mass is 19.4. The second kappa shape index (κ2) is 6.16. The molecule has 0 fully saturated rings. The largest absolute Gasteiger partial charge is 0.416 e. The van der Waals surface area contributed by atoms with E-state index in [1.165, 1.54) is 18.2 Å². The van der Waals surface area contributed by atoms with E-state index >= 15 is 0 Å². The van der Waals surface area contributed by atoms with Crippen LogP contribution in [0.2, 0.25) is 0 Å². The second-order valence-electron chi connectivity index (χ2n) is 4.92. The van der Waals surface area contributed by atoms with E-state index in [-0.39, 0.29) is 11.9 Å². The van der Waals surface area contributed by atoms with Gasteiger partial charge in [-0.25, -0.2) is 4.39 Å². The highest BCUT2D eigenvalue weighted by molar-refractivity contribution is 5.46. The number of hydrogen-bond donors (Lipinski definition) is 1. The number of hydrogen-bond acceptors (Lipinski definition) is 1. The first-order chi connectivity index (χ1) is 9.86. The SMILES string of the molecule is CC(Cc1ccccc1F)Nc1ccc(C(F)(F)F)cc1. The van der Waals surface area contributed by atoms with Crippen molar-refractivity contribution in [1.82, 2.24) is 0 Å². The van der Waals surface area contributed by atoms with Crippen LogP contribution in [0.3, 0.4) is 0 Å². The summed E-state index contributed by atoms with van der Waals surface area (Å²) in [5.41, 5.74) is 0.464. The maximum Gasteiger partial charge on any atom is 0.416 e. The minimum atomic E-state index is -4.34. The summed E-state index contributed by atoms with van der Waals surface area (Å²) in [5.74, 6) is -0.279. The maximum atomic E-state index is 13.5. The maximum absolute atomic E-state index is 13.5. The lowest BCUT2D eigenvalue weighted by molar-refractivity contribution is -0.137. The monoisotopic (exact) mass is 297 g/mol. The van der Waals surface area contributed by atoms with Crippen LogP contribution in [0.15, 0.2) is 48.5 Å². The topological polar surface area (TPSA) is 12.0 Å². The quantitative estimate of drug-likeness (QED) is 0.792. The molecule has 0 bridgehead atoms. The summed E-state index contributed by atoms with van der Waals surface area (Å²) in [4.78, 5) is 0. The first kappa shape index (κ1) is 15.4. The third-order valence-electron chi connectivity index (χ3n) is 3.11. The van der Waals surface area contributed by atoms with Gasteiger partial charge in [0, 0.05) is 11.7 Å². The van der Waals surface area contributed by atoms with Crippen molar-refractivity contribution in [3.63, 3.8) is 0 Å². The second-order valence-corrected chi connectivity index (χ2v) is 4.92. The van der Waals surface area contributed by atoms with Crippen molar-refractivity contribution in [1.29, 1.82) is 0 Å². The van der Waals surface area contributed by atoms with Crippen molar-refractivity contribution in [3.05, 3.63) is 65.5 Å². The Balaban J connectivity index is 2.00. The van der Waals surface area contributed by atoms with Gasteiger partial charge in [0.15, 0.2) is 0 Å². The number of nitrogens with one attached hydrogen (secondary N) is 1. The smallest absolute Gasteiger partial charge is 0.382 e. The van der Waals surface area contributed by atoms with Gasteiger partial charge in [0.25, 0.3) is 0 Å². The number of alkyl halides is 3. The Morgan fingerprint density at radius 1 is 1.00 bits per heavy atom. The van der Waals surface area contributed by atoms with Crippen molar-refractivity contribution in [2.24, 2.45) is 0 Å². The predicted octanol–water partition coefficient (Wildman–Crippen LogP) is 4.89. The highest BCUT2D eigenvalue weighted by Crippen LogP contribution is 2.30. The van der Waals surface area contributed by atoms with E-state index in [2.05, 4.69) is 5.32 Å². The zero-order chi connectivity index (χ0) is 15.5. The molecule has 0 saturated heterocycles. The number of anilines is 1. The van der Waals surface area contributed by atoms with Crippen LogP contribution in [-0.4, -0.2) is 6.04 Å². The summed E-state index contributed by atoms with van der Waals surface area (Å²) in [7, 11) is 0. The van der Waals surface area contributed by atoms with Gasteiger partial charge in [-0.1, -0.05) is 18.2 Å². The molecule has 1 atom stereocenters. The molecule has 0 spiro atoms. The molecule has 2 aromatic rings. The van der Waals surface area contributed by atoms with Gasteiger partial charge in [0.1, 0.15) is 5.82 Å². The van der Waals surface area contributed by atoms with E-state index in [0.717, 1.165) is 12.1 Å². The average molecular weight is 297 g/mol. The molecule has 2 rings (SSSR count). The highest BCUT2D eigenvalue weighted by Gasteiger charge is 2.29. The molecule has 112 valence electrons. The summed E-state index contributed by atoms with van der Waals surface area (Å²) >= 11 is 0. The van der Waals surface area contributed by atoms with Crippen LogP contribution in [0.25, 0.3) is 0 Å². The molecule has 5 heteroatoms. The molecule has 0 aliphatic rings. The molecule has 0 aliphatic carbocycles. The third-order valence-corrected chi connectivity index (χ3v) is 3.11. The van der Waals surface area contributed by atoms with Crippen molar-refractivity contribution in [3.8, 4) is 0 Å². The summed E-state index contributed by atoms with van der Waals surface area (Å²) in [6, 6.07) is 11.2. The van der Waals surface area contributed by atoms with Gasteiger partial charge in [0.2, 0.25) is 0 Å². The number of rotatable bonds is 4. The van der Waals surface area contributed by atoms with Gasteiger partial charge in [-0.2, -0.15) is 13.2 Å². The number of benzene rings is 2. The van der Waals surface area contributed by atoms with Crippen molar-refractivity contribution in [2.75, 3.05) is 5.32 Å². The molecule has 1 nitrogen and oxygen atoms in total. The zero-order valence-corrected chi connectivity index (χ0v) is 11.4. The average Bonchev–Trinajstić information content (AvgIpc) is 2.41. The molecule has 1 unspecified atom stereocenters. The molecular weight excluding hydrogens is 282 g/mol. The Bertz CT molecular complexity index is 590. The summed E-state index contributed by atoms with van der Waals surface area (Å²) in [5, 5.41) is 3.06. The molecule has 0 amide bonds. The molecule has 21 heavy (non-hydrogen) atoms. The van der Waals surface area contributed by atoms with Gasteiger partial charge in [-0.15, -0.1) is 0 Å². The molecule has 0 heterocycles. The molecule has 1 N–H and O–H groups in total. The lowest BCUT2D eigenvalue weighted by Gasteiger charge is -2.16.